The molecule has 1 aliphatic rings. The molecule has 0 aromatic heterocycles. The van der Waals surface area contributed by atoms with Crippen molar-refractivity contribution in [2.24, 2.45) is 17.8 Å². The molecule has 0 amide bonds. The molecule has 3 nitrogen and oxygen atoms in total. The summed E-state index contributed by atoms with van der Waals surface area (Å²) >= 11 is 0. The van der Waals surface area contributed by atoms with Crippen LogP contribution in [0.1, 0.15) is 116 Å². The molecule has 0 unspecified atom stereocenters. The molecular formula is C37H58BFO3Si2. The van der Waals surface area contributed by atoms with Crippen LogP contribution in [0.5, 0.6) is 5.75 Å². The van der Waals surface area contributed by atoms with Crippen LogP contribution < -0.4 is 9.89 Å². The first kappa shape index (κ1) is 36.9. The van der Waals surface area contributed by atoms with Gasteiger partial charge in [-0.3, -0.25) is 0 Å². The molecule has 0 N–H and O–H groups in total. The van der Waals surface area contributed by atoms with Crippen molar-refractivity contribution in [1.82, 2.24) is 0 Å². The molecule has 1 fully saturated rings. The second-order valence-corrected chi connectivity index (χ2v) is 22.6. The van der Waals surface area contributed by atoms with Crippen molar-refractivity contribution in [3.05, 3.63) is 35.6 Å². The van der Waals surface area contributed by atoms with Crippen LogP contribution in [0.4, 0.5) is 4.39 Å². The lowest BCUT2D eigenvalue weighted by Crippen LogP contribution is -2.51. The molecule has 242 valence electrons. The quantitative estimate of drug-likeness (QED) is 0.192. The molecule has 2 radical (unpaired) electrons. The maximum atomic E-state index is 15.9. The van der Waals surface area contributed by atoms with Gasteiger partial charge in [0, 0.05) is 5.39 Å². The maximum Gasteiger partial charge on any atom is 0.495 e. The van der Waals surface area contributed by atoms with E-state index in [1.165, 1.54) is 0 Å². The first-order chi connectivity index (χ1) is 20.2. The number of hydrogen-bond donors (Lipinski definition) is 0. The molecule has 2 aromatic rings. The third-order valence-corrected chi connectivity index (χ3v) is 19.3. The monoisotopic (exact) mass is 636 g/mol. The van der Waals surface area contributed by atoms with Crippen molar-refractivity contribution in [2.45, 2.75) is 144 Å². The van der Waals surface area contributed by atoms with Crippen LogP contribution in [-0.4, -0.2) is 36.2 Å². The van der Waals surface area contributed by atoms with E-state index in [4.69, 9.17) is 13.7 Å². The Labute approximate surface area is 272 Å². The van der Waals surface area contributed by atoms with E-state index in [-0.39, 0.29) is 10.9 Å². The molecule has 0 bridgehead atoms. The predicted molar refractivity (Wildman–Crippen MR) is 191 cm³/mol. The summed E-state index contributed by atoms with van der Waals surface area (Å²) in [6.07, 6.45) is 0. The molecule has 1 saturated heterocycles. The summed E-state index contributed by atoms with van der Waals surface area (Å²) in [6, 6.07) is 7.52. The van der Waals surface area contributed by atoms with Crippen LogP contribution >= 0.6 is 0 Å². The van der Waals surface area contributed by atoms with Gasteiger partial charge in [-0.25, -0.2) is 4.39 Å². The van der Waals surface area contributed by atoms with Gasteiger partial charge in [-0.2, -0.15) is 0 Å². The highest BCUT2D eigenvalue weighted by Crippen LogP contribution is 2.49. The molecule has 44 heavy (non-hydrogen) atoms. The normalized spacial score (nSPS) is 17.1. The molecule has 0 spiro atoms. The number of halogens is 1. The van der Waals surface area contributed by atoms with Gasteiger partial charge >= 0.3 is 7.12 Å². The topological polar surface area (TPSA) is 27.7 Å². The minimum Gasteiger partial charge on any atom is -0.543 e. The Morgan fingerprint density at radius 2 is 1.27 bits per heavy atom. The average molecular weight is 637 g/mol. The highest BCUT2D eigenvalue weighted by Gasteiger charge is 2.53. The molecule has 7 heteroatoms. The van der Waals surface area contributed by atoms with Crippen LogP contribution in [0, 0.1) is 35.0 Å². The summed E-state index contributed by atoms with van der Waals surface area (Å²) < 4.78 is 36.2. The summed E-state index contributed by atoms with van der Waals surface area (Å²) in [5.74, 6) is 5.21. The zero-order chi connectivity index (χ0) is 33.6. The second kappa shape index (κ2) is 13.3. The summed E-state index contributed by atoms with van der Waals surface area (Å²) in [6.45, 7) is 35.7. The van der Waals surface area contributed by atoms with E-state index in [9.17, 15) is 0 Å². The fourth-order valence-electron chi connectivity index (χ4n) is 7.97. The Hall–Kier alpha value is -1.59. The van der Waals surface area contributed by atoms with Crippen molar-refractivity contribution in [3.63, 3.8) is 0 Å². The lowest BCUT2D eigenvalue weighted by molar-refractivity contribution is 0.00578. The van der Waals surface area contributed by atoms with Gasteiger partial charge in [0.25, 0.3) is 8.32 Å². The van der Waals surface area contributed by atoms with Crippen LogP contribution in [0.15, 0.2) is 24.3 Å². The number of benzene rings is 2. The average Bonchev–Trinajstić information content (AvgIpc) is 3.10. The standard InChI is InChI=1S/C37H58BFO3Si2/c1-23(2)37(24(3)4,25(5)6)43-20-19-31-33(39)18-17-29-21-30(40-44(26(7)8,27(9)10)28(11)12)22-32(34(29)31)38-41-35(13,14)36(15,16)42-38/h17-18,21-28H,1-16H3. The van der Waals surface area contributed by atoms with Crippen molar-refractivity contribution < 1.29 is 18.1 Å². The van der Waals surface area contributed by atoms with Crippen LogP contribution in [0.3, 0.4) is 0 Å². The lowest BCUT2D eigenvalue weighted by atomic mass is 9.75. The van der Waals surface area contributed by atoms with Gasteiger partial charge in [0.15, 0.2) is 9.52 Å². The zero-order valence-electron chi connectivity index (χ0n) is 30.5. The van der Waals surface area contributed by atoms with Crippen LogP contribution in [0.25, 0.3) is 10.8 Å². The largest absolute Gasteiger partial charge is 0.543 e. The van der Waals surface area contributed by atoms with E-state index >= 15 is 4.39 Å². The van der Waals surface area contributed by atoms with Gasteiger partial charge in [0.1, 0.15) is 11.6 Å². The van der Waals surface area contributed by atoms with Crippen molar-refractivity contribution >= 4 is 41.2 Å². The summed E-state index contributed by atoms with van der Waals surface area (Å²) in [4.78, 5) is 0. The molecule has 1 aliphatic heterocycles. The van der Waals surface area contributed by atoms with Crippen molar-refractivity contribution in [2.75, 3.05) is 0 Å². The fraction of sp³-hybridized carbons (Fsp3) is 0.676. The van der Waals surface area contributed by atoms with Gasteiger partial charge in [-0.1, -0.05) is 95.1 Å². The van der Waals surface area contributed by atoms with E-state index in [0.717, 1.165) is 22.0 Å². The van der Waals surface area contributed by atoms with E-state index < -0.39 is 26.6 Å². The van der Waals surface area contributed by atoms with E-state index in [0.29, 0.717) is 49.5 Å². The smallest absolute Gasteiger partial charge is 0.495 e. The Balaban J connectivity index is 2.32. The molecule has 1 heterocycles. The summed E-state index contributed by atoms with van der Waals surface area (Å²) in [5.41, 5.74) is 4.85. The molecule has 3 rings (SSSR count). The third-order valence-electron chi connectivity index (χ3n) is 10.9. The highest BCUT2D eigenvalue weighted by molar-refractivity contribution is 6.78. The number of rotatable bonds is 10. The minimum atomic E-state index is -2.26. The minimum absolute atomic E-state index is 0.0577. The van der Waals surface area contributed by atoms with Gasteiger partial charge in [-0.15, -0.1) is 5.54 Å². The van der Waals surface area contributed by atoms with Gasteiger partial charge in [0.2, 0.25) is 0 Å². The van der Waals surface area contributed by atoms with Gasteiger partial charge < -0.3 is 13.7 Å². The highest BCUT2D eigenvalue weighted by atomic mass is 28.4. The summed E-state index contributed by atoms with van der Waals surface area (Å²) in [7, 11) is -2.55. The third kappa shape index (κ3) is 6.48. The van der Waals surface area contributed by atoms with Crippen LogP contribution in [0.2, 0.25) is 21.7 Å². The van der Waals surface area contributed by atoms with E-state index in [1.807, 2.05) is 12.1 Å². The van der Waals surface area contributed by atoms with Crippen molar-refractivity contribution in [3.8, 4) is 17.2 Å². The molecule has 0 aliphatic carbocycles. The lowest BCUT2D eigenvalue weighted by Gasteiger charge is -2.43. The maximum absolute atomic E-state index is 15.9. The fourth-order valence-corrected chi connectivity index (χ4v) is 14.5. The molecule has 0 atom stereocenters. The van der Waals surface area contributed by atoms with Gasteiger partial charge in [-0.05, 0) is 96.2 Å². The van der Waals surface area contributed by atoms with Gasteiger partial charge in [0.05, 0.1) is 16.8 Å². The Bertz CT molecular complexity index is 1330. The SMILES string of the molecule is CC(C)C([Si]C#Cc1c(F)ccc2cc(O[Si](C(C)C)(C(C)C)C(C)C)cc(B3OC(C)(C)C(C)(C)O3)c12)(C(C)C)C(C)C. The van der Waals surface area contributed by atoms with E-state index in [2.05, 4.69) is 128 Å². The van der Waals surface area contributed by atoms with Crippen molar-refractivity contribution in [1.29, 1.82) is 0 Å². The number of hydrogen-bond acceptors (Lipinski definition) is 3. The zero-order valence-corrected chi connectivity index (χ0v) is 32.5. The van der Waals surface area contributed by atoms with E-state index in [1.54, 1.807) is 6.07 Å². The second-order valence-electron chi connectivity index (χ2n) is 15.8. The van der Waals surface area contributed by atoms with Crippen LogP contribution in [-0.2, 0) is 9.31 Å². The number of fused-ring (bicyclic) bond motifs is 1. The molecular weight excluding hydrogens is 578 g/mol. The Morgan fingerprint density at radius 1 is 0.795 bits per heavy atom. The Kier molecular flexibility index (Phi) is 11.1. The Morgan fingerprint density at radius 3 is 1.70 bits per heavy atom. The molecule has 2 aromatic carbocycles. The molecule has 0 saturated carbocycles. The first-order valence-corrected chi connectivity index (χ1v) is 19.9. The predicted octanol–water partition coefficient (Wildman–Crippen LogP) is 9.97. The first-order valence-electron chi connectivity index (χ1n) is 16.7. The summed E-state index contributed by atoms with van der Waals surface area (Å²) in [5, 5.41) is 1.70.